The van der Waals surface area contributed by atoms with E-state index in [9.17, 15) is 10.2 Å². The van der Waals surface area contributed by atoms with Gasteiger partial charge in [0.05, 0.1) is 23.5 Å². The Labute approximate surface area is 324 Å². The lowest BCUT2D eigenvalue weighted by Gasteiger charge is -2.58. The molecule has 0 bridgehead atoms. The van der Waals surface area contributed by atoms with Gasteiger partial charge in [-0.15, -0.1) is 18.3 Å². The second-order valence-corrected chi connectivity index (χ2v) is 16.2. The number of aryl methyl sites for hydroxylation is 2. The van der Waals surface area contributed by atoms with Gasteiger partial charge < -0.3 is 29.3 Å². The molecule has 1 saturated carbocycles. The van der Waals surface area contributed by atoms with Crippen molar-refractivity contribution in [1.82, 2.24) is 0 Å². The average Bonchev–Trinajstić information content (AvgIpc) is 3.18. The molecule has 6 unspecified atom stereocenters. The molecule has 2 aliphatic carbocycles. The van der Waals surface area contributed by atoms with Crippen molar-refractivity contribution in [1.29, 1.82) is 0 Å². The summed E-state index contributed by atoms with van der Waals surface area (Å²) in [5.41, 5.74) is 5.52. The number of hydrogen-bond acceptors (Lipinski definition) is 8. The second kappa shape index (κ2) is 17.2. The van der Waals surface area contributed by atoms with Gasteiger partial charge in [-0.25, -0.2) is 0 Å². The van der Waals surface area contributed by atoms with Crippen molar-refractivity contribution in [3.8, 4) is 17.2 Å². The summed E-state index contributed by atoms with van der Waals surface area (Å²) in [6, 6.07) is 27.5. The van der Waals surface area contributed by atoms with Crippen LogP contribution in [0.25, 0.3) is 10.8 Å². The maximum Gasteiger partial charge on any atom is 0.231 e. The van der Waals surface area contributed by atoms with Crippen molar-refractivity contribution in [2.75, 3.05) is 26.9 Å². The van der Waals surface area contributed by atoms with Gasteiger partial charge in [-0.3, -0.25) is 0 Å². The minimum atomic E-state index is -1.05. The van der Waals surface area contributed by atoms with E-state index in [1.54, 1.807) is 18.9 Å². The molecule has 284 valence electrons. The number of hydrogen-bond donors (Lipinski definition) is 2. The van der Waals surface area contributed by atoms with Crippen LogP contribution < -0.4 is 9.47 Å². The summed E-state index contributed by atoms with van der Waals surface area (Å²) in [5, 5.41) is 26.6. The molecule has 7 rings (SSSR count). The van der Waals surface area contributed by atoms with Gasteiger partial charge in [0.25, 0.3) is 0 Å². The fraction of sp³-hybridized carbons (Fsp3) is 0.413. The molecule has 8 heteroatoms. The molecule has 54 heavy (non-hydrogen) atoms. The number of thioether (sulfide) groups is 1. The molecule has 7 nitrogen and oxygen atoms in total. The molecule has 1 aliphatic heterocycles. The number of nitrogens with zero attached hydrogens (tertiary/aromatic N) is 1. The third-order valence-corrected chi connectivity index (χ3v) is 12.8. The first-order valence-electron chi connectivity index (χ1n) is 19.4. The van der Waals surface area contributed by atoms with Gasteiger partial charge in [0.2, 0.25) is 5.79 Å². The van der Waals surface area contributed by atoms with Gasteiger partial charge in [-0.05, 0) is 121 Å². The van der Waals surface area contributed by atoms with Crippen molar-refractivity contribution in [2.24, 2.45) is 22.9 Å². The molecule has 0 aromatic heterocycles. The van der Waals surface area contributed by atoms with Crippen LogP contribution in [0.2, 0.25) is 0 Å². The highest BCUT2D eigenvalue weighted by atomic mass is 32.2. The van der Waals surface area contributed by atoms with E-state index in [1.165, 1.54) is 21.9 Å². The van der Waals surface area contributed by atoms with E-state index in [4.69, 9.17) is 24.2 Å². The molecule has 3 aliphatic rings. The van der Waals surface area contributed by atoms with Crippen LogP contribution in [0.5, 0.6) is 17.2 Å². The van der Waals surface area contributed by atoms with Crippen LogP contribution in [0.15, 0.2) is 113 Å². The zero-order valence-corrected chi connectivity index (χ0v) is 32.5. The van der Waals surface area contributed by atoms with Crippen LogP contribution in [0.4, 0.5) is 0 Å². The molecular formula is C46H53NO6S. The average molecular weight is 748 g/mol. The lowest BCUT2D eigenvalue weighted by atomic mass is 9.56. The van der Waals surface area contributed by atoms with E-state index in [0.717, 1.165) is 77.5 Å². The van der Waals surface area contributed by atoms with Crippen molar-refractivity contribution in [3.05, 3.63) is 120 Å². The van der Waals surface area contributed by atoms with Crippen molar-refractivity contribution in [2.45, 2.75) is 80.6 Å². The Morgan fingerprint density at radius 2 is 1.65 bits per heavy atom. The third kappa shape index (κ3) is 7.72. The van der Waals surface area contributed by atoms with Crippen LogP contribution in [0, 0.1) is 31.6 Å². The fourth-order valence-electron chi connectivity index (χ4n) is 8.92. The lowest BCUT2D eigenvalue weighted by Crippen LogP contribution is -2.64. The number of allylic oxidation sites excluding steroid dienone is 1. The summed E-state index contributed by atoms with van der Waals surface area (Å²) >= 11 is 1.77. The minimum Gasteiger partial charge on any atom is -0.460 e. The van der Waals surface area contributed by atoms with Crippen LogP contribution in [-0.4, -0.2) is 53.9 Å². The molecule has 4 aromatic carbocycles. The van der Waals surface area contributed by atoms with E-state index in [-0.39, 0.29) is 42.1 Å². The molecule has 6 atom stereocenters. The van der Waals surface area contributed by atoms with Gasteiger partial charge in [0.1, 0.15) is 24.4 Å². The monoisotopic (exact) mass is 747 g/mol. The third-order valence-electron chi connectivity index (χ3n) is 11.5. The summed E-state index contributed by atoms with van der Waals surface area (Å²) in [6.07, 6.45) is 9.97. The normalized spacial score (nSPS) is 25.0. The van der Waals surface area contributed by atoms with E-state index in [2.05, 4.69) is 93.2 Å². The number of fused-ring (bicyclic) bond motifs is 3. The van der Waals surface area contributed by atoms with Crippen molar-refractivity contribution in [3.63, 3.8) is 0 Å². The summed E-state index contributed by atoms with van der Waals surface area (Å²) in [7, 11) is 1.62. The Bertz CT molecular complexity index is 2010. The standard InChI is InChI=1S/C46H53NO6S/c1-5-24-51-46-43(54-37-20-17-32-12-6-7-13-33(32)26-37)29-41(47-50-4)39-27-34(14-8-10-22-48)38(15-9-11-23-49)44(45(39)46)40-28-36(19-21-42(40)53-46)52-35-18-16-30(2)31(3)25-35/h5-7,12-13,16-21,25-28,34,38,43-45,48-49H,1,8-11,14-15,22-24,29H2,2-4H3. The van der Waals surface area contributed by atoms with Gasteiger partial charge >= 0.3 is 0 Å². The SMILES string of the molecule is C=CCOC12Oc3ccc(Oc4ccc(C)c(C)c4)cc3C3C(CCCCO)C(CCCCO)C=C(C(=NOC)CC1Sc1ccc4ccccc4c1)C32. The topological polar surface area (TPSA) is 89.7 Å². The number of unbranched alkanes of at least 4 members (excludes halogenated alkanes) is 2. The zero-order valence-electron chi connectivity index (χ0n) is 31.7. The minimum absolute atomic E-state index is 0.0123. The van der Waals surface area contributed by atoms with Crippen molar-refractivity contribution < 1.29 is 29.3 Å². The summed E-state index contributed by atoms with van der Waals surface area (Å²) in [5.74, 6) is 1.49. The predicted octanol–water partition coefficient (Wildman–Crippen LogP) is 10.3. The molecule has 0 spiro atoms. The Morgan fingerprint density at radius 3 is 2.41 bits per heavy atom. The number of benzene rings is 4. The van der Waals surface area contributed by atoms with Gasteiger partial charge in [0, 0.05) is 36.0 Å². The van der Waals surface area contributed by atoms with Gasteiger partial charge in [0.15, 0.2) is 0 Å². The largest absolute Gasteiger partial charge is 0.460 e. The van der Waals surface area contributed by atoms with E-state index < -0.39 is 5.79 Å². The number of aliphatic hydroxyl groups is 2. The van der Waals surface area contributed by atoms with Crippen LogP contribution in [-0.2, 0) is 9.57 Å². The number of rotatable bonds is 16. The highest BCUT2D eigenvalue weighted by Gasteiger charge is 2.64. The maximum atomic E-state index is 9.90. The highest BCUT2D eigenvalue weighted by molar-refractivity contribution is 8.00. The molecular weight excluding hydrogens is 695 g/mol. The Kier molecular flexibility index (Phi) is 12.1. The Balaban J connectivity index is 1.40. The van der Waals surface area contributed by atoms with Crippen LogP contribution >= 0.6 is 11.8 Å². The Morgan fingerprint density at radius 1 is 0.889 bits per heavy atom. The van der Waals surface area contributed by atoms with Crippen molar-refractivity contribution >= 4 is 28.2 Å². The van der Waals surface area contributed by atoms with Crippen LogP contribution in [0.1, 0.15) is 67.6 Å². The smallest absolute Gasteiger partial charge is 0.231 e. The summed E-state index contributed by atoms with van der Waals surface area (Å²) in [6.45, 7) is 8.91. The maximum absolute atomic E-state index is 9.90. The first-order valence-corrected chi connectivity index (χ1v) is 20.3. The summed E-state index contributed by atoms with van der Waals surface area (Å²) < 4.78 is 21.0. The quantitative estimate of drug-likeness (QED) is 0.0670. The molecule has 1 heterocycles. The fourth-order valence-corrected chi connectivity index (χ4v) is 10.3. The zero-order chi connectivity index (χ0) is 37.7. The van der Waals surface area contributed by atoms with E-state index in [0.29, 0.717) is 13.0 Å². The molecule has 2 N–H and O–H groups in total. The molecule has 0 amide bonds. The molecule has 0 saturated heterocycles. The first-order chi connectivity index (χ1) is 26.4. The van der Waals surface area contributed by atoms with E-state index in [1.807, 2.05) is 18.2 Å². The number of aliphatic hydroxyl groups excluding tert-OH is 2. The van der Waals surface area contributed by atoms with Gasteiger partial charge in [-0.1, -0.05) is 66.5 Å². The number of ether oxygens (including phenoxy) is 3. The predicted molar refractivity (Wildman–Crippen MR) is 218 cm³/mol. The summed E-state index contributed by atoms with van der Waals surface area (Å²) in [4.78, 5) is 6.72. The van der Waals surface area contributed by atoms with Gasteiger partial charge in [-0.2, -0.15) is 0 Å². The van der Waals surface area contributed by atoms with E-state index >= 15 is 0 Å². The second-order valence-electron chi connectivity index (χ2n) is 14.9. The molecule has 1 fully saturated rings. The molecule has 0 radical (unpaired) electrons. The number of oxime groups is 1. The Hall–Kier alpha value is -4.08. The molecule has 4 aromatic rings. The van der Waals surface area contributed by atoms with Crippen LogP contribution in [0.3, 0.4) is 0 Å². The highest BCUT2D eigenvalue weighted by Crippen LogP contribution is 2.63. The lowest BCUT2D eigenvalue weighted by molar-refractivity contribution is -0.223. The first kappa shape index (κ1) is 38.2.